The van der Waals surface area contributed by atoms with Gasteiger partial charge in [0.25, 0.3) is 0 Å². The van der Waals surface area contributed by atoms with Gasteiger partial charge in [-0.3, -0.25) is 0 Å². The standard InChI is InChI=1S/C14H23NO2/c1-11(9-14(2,3)17-4)15-13-7-5-12(10-16)6-8-13/h5-8,11,15-16H,9-10H2,1-4H3. The minimum Gasteiger partial charge on any atom is -0.392 e. The van der Waals surface area contributed by atoms with Crippen LogP contribution in [0.1, 0.15) is 32.8 Å². The third-order valence-corrected chi connectivity index (χ3v) is 2.90. The maximum absolute atomic E-state index is 8.96. The summed E-state index contributed by atoms with van der Waals surface area (Å²) < 4.78 is 5.41. The molecule has 0 heterocycles. The lowest BCUT2D eigenvalue weighted by Crippen LogP contribution is -2.31. The number of rotatable bonds is 6. The van der Waals surface area contributed by atoms with E-state index in [1.54, 1.807) is 7.11 Å². The molecule has 1 rings (SSSR count). The first-order valence-corrected chi connectivity index (χ1v) is 5.98. The van der Waals surface area contributed by atoms with E-state index >= 15 is 0 Å². The molecule has 0 bridgehead atoms. The zero-order valence-corrected chi connectivity index (χ0v) is 11.2. The number of aliphatic hydroxyl groups excluding tert-OH is 1. The van der Waals surface area contributed by atoms with Crippen molar-refractivity contribution in [2.45, 2.75) is 45.4 Å². The van der Waals surface area contributed by atoms with Crippen LogP contribution in [0.5, 0.6) is 0 Å². The van der Waals surface area contributed by atoms with Crippen molar-refractivity contribution >= 4 is 5.69 Å². The Morgan fingerprint density at radius 3 is 2.35 bits per heavy atom. The molecule has 0 fully saturated rings. The molecule has 0 aliphatic carbocycles. The Hall–Kier alpha value is -1.06. The summed E-state index contributed by atoms with van der Waals surface area (Å²) in [4.78, 5) is 0. The second-order valence-corrected chi connectivity index (χ2v) is 5.07. The molecule has 3 heteroatoms. The van der Waals surface area contributed by atoms with E-state index in [9.17, 15) is 0 Å². The fraction of sp³-hybridized carbons (Fsp3) is 0.571. The highest BCUT2D eigenvalue weighted by Crippen LogP contribution is 2.19. The van der Waals surface area contributed by atoms with Crippen LogP contribution >= 0.6 is 0 Å². The van der Waals surface area contributed by atoms with Gasteiger partial charge < -0.3 is 15.2 Å². The van der Waals surface area contributed by atoms with Crippen LogP contribution in [0.4, 0.5) is 5.69 Å². The fourth-order valence-corrected chi connectivity index (χ4v) is 1.86. The molecular formula is C14H23NO2. The number of hydrogen-bond acceptors (Lipinski definition) is 3. The Morgan fingerprint density at radius 1 is 1.29 bits per heavy atom. The quantitative estimate of drug-likeness (QED) is 0.799. The molecule has 0 saturated carbocycles. The summed E-state index contributed by atoms with van der Waals surface area (Å²) in [7, 11) is 1.74. The van der Waals surface area contributed by atoms with Crippen molar-refractivity contribution in [1.82, 2.24) is 0 Å². The maximum Gasteiger partial charge on any atom is 0.0681 e. The first kappa shape index (κ1) is 14.0. The van der Waals surface area contributed by atoms with Crippen LogP contribution < -0.4 is 5.32 Å². The molecule has 0 amide bonds. The molecule has 1 unspecified atom stereocenters. The van der Waals surface area contributed by atoms with E-state index in [1.807, 2.05) is 24.3 Å². The van der Waals surface area contributed by atoms with Crippen LogP contribution in [0.15, 0.2) is 24.3 Å². The van der Waals surface area contributed by atoms with Crippen LogP contribution in [-0.4, -0.2) is 23.9 Å². The lowest BCUT2D eigenvalue weighted by Gasteiger charge is -2.27. The van der Waals surface area contributed by atoms with E-state index in [-0.39, 0.29) is 12.2 Å². The molecule has 0 aliphatic rings. The summed E-state index contributed by atoms with van der Waals surface area (Å²) in [6, 6.07) is 8.17. The Labute approximate surface area is 104 Å². The number of methoxy groups -OCH3 is 1. The summed E-state index contributed by atoms with van der Waals surface area (Å²) in [6.45, 7) is 6.40. The van der Waals surface area contributed by atoms with Crippen LogP contribution in [0.2, 0.25) is 0 Å². The van der Waals surface area contributed by atoms with Gasteiger partial charge in [-0.1, -0.05) is 12.1 Å². The van der Waals surface area contributed by atoms with Crippen molar-refractivity contribution in [1.29, 1.82) is 0 Å². The molecule has 0 saturated heterocycles. The zero-order valence-electron chi connectivity index (χ0n) is 11.2. The first-order chi connectivity index (χ1) is 7.96. The van der Waals surface area contributed by atoms with E-state index < -0.39 is 0 Å². The average Bonchev–Trinajstić information content (AvgIpc) is 2.29. The third-order valence-electron chi connectivity index (χ3n) is 2.90. The van der Waals surface area contributed by atoms with Gasteiger partial charge in [0.2, 0.25) is 0 Å². The topological polar surface area (TPSA) is 41.5 Å². The van der Waals surface area contributed by atoms with Gasteiger partial charge in [0, 0.05) is 18.8 Å². The maximum atomic E-state index is 8.96. The highest BCUT2D eigenvalue weighted by Gasteiger charge is 2.19. The first-order valence-electron chi connectivity index (χ1n) is 5.98. The van der Waals surface area contributed by atoms with E-state index in [0.717, 1.165) is 17.7 Å². The van der Waals surface area contributed by atoms with Gasteiger partial charge in [0.1, 0.15) is 0 Å². The van der Waals surface area contributed by atoms with Crippen LogP contribution in [0.25, 0.3) is 0 Å². The Bertz CT molecular complexity index is 333. The predicted octanol–water partition coefficient (Wildman–Crippen LogP) is 2.79. The fourth-order valence-electron chi connectivity index (χ4n) is 1.86. The summed E-state index contributed by atoms with van der Waals surface area (Å²) in [5.41, 5.74) is 1.89. The van der Waals surface area contributed by atoms with Crippen LogP contribution in [-0.2, 0) is 11.3 Å². The van der Waals surface area contributed by atoms with E-state index in [4.69, 9.17) is 9.84 Å². The molecule has 0 radical (unpaired) electrons. The van der Waals surface area contributed by atoms with Crippen molar-refractivity contribution < 1.29 is 9.84 Å². The molecule has 17 heavy (non-hydrogen) atoms. The largest absolute Gasteiger partial charge is 0.392 e. The van der Waals surface area contributed by atoms with Crippen molar-refractivity contribution in [2.24, 2.45) is 0 Å². The van der Waals surface area contributed by atoms with E-state index in [2.05, 4.69) is 26.1 Å². The SMILES string of the molecule is COC(C)(C)CC(C)Nc1ccc(CO)cc1. The van der Waals surface area contributed by atoms with Crippen LogP contribution in [0, 0.1) is 0 Å². The molecule has 0 aromatic heterocycles. The Balaban J connectivity index is 2.52. The lowest BCUT2D eigenvalue weighted by molar-refractivity contribution is 0.0128. The average molecular weight is 237 g/mol. The molecule has 2 N–H and O–H groups in total. The predicted molar refractivity (Wildman–Crippen MR) is 71.2 cm³/mol. The van der Waals surface area contributed by atoms with Gasteiger partial charge in [-0.25, -0.2) is 0 Å². The minimum absolute atomic E-state index is 0.0898. The molecule has 0 aliphatic heterocycles. The summed E-state index contributed by atoms with van der Waals surface area (Å²) >= 11 is 0. The zero-order chi connectivity index (χ0) is 12.9. The number of hydrogen-bond donors (Lipinski definition) is 2. The second-order valence-electron chi connectivity index (χ2n) is 5.07. The van der Waals surface area contributed by atoms with Crippen molar-refractivity contribution in [3.63, 3.8) is 0 Å². The smallest absolute Gasteiger partial charge is 0.0681 e. The molecule has 1 aromatic rings. The Kier molecular flexibility index (Phi) is 4.97. The number of nitrogens with one attached hydrogen (secondary N) is 1. The summed E-state index contributed by atoms with van der Waals surface area (Å²) in [6.07, 6.45) is 0.936. The van der Waals surface area contributed by atoms with Crippen LogP contribution in [0.3, 0.4) is 0 Å². The summed E-state index contributed by atoms with van der Waals surface area (Å²) in [5.74, 6) is 0. The highest BCUT2D eigenvalue weighted by molar-refractivity contribution is 5.45. The van der Waals surface area contributed by atoms with Crippen molar-refractivity contribution in [3.8, 4) is 0 Å². The number of benzene rings is 1. The molecule has 0 spiro atoms. The minimum atomic E-state index is -0.114. The van der Waals surface area contributed by atoms with E-state index in [0.29, 0.717) is 6.04 Å². The number of aliphatic hydroxyl groups is 1. The van der Waals surface area contributed by atoms with Gasteiger partial charge in [-0.15, -0.1) is 0 Å². The van der Waals surface area contributed by atoms with Gasteiger partial charge in [0.15, 0.2) is 0 Å². The molecule has 3 nitrogen and oxygen atoms in total. The molecular weight excluding hydrogens is 214 g/mol. The molecule has 1 aromatic carbocycles. The Morgan fingerprint density at radius 2 is 1.88 bits per heavy atom. The molecule has 1 atom stereocenters. The number of ether oxygens (including phenoxy) is 1. The monoisotopic (exact) mass is 237 g/mol. The van der Waals surface area contributed by atoms with Crippen molar-refractivity contribution in [2.75, 3.05) is 12.4 Å². The lowest BCUT2D eigenvalue weighted by atomic mass is 9.99. The highest BCUT2D eigenvalue weighted by atomic mass is 16.5. The van der Waals surface area contributed by atoms with Crippen molar-refractivity contribution in [3.05, 3.63) is 29.8 Å². The second kappa shape index (κ2) is 6.03. The number of anilines is 1. The van der Waals surface area contributed by atoms with Gasteiger partial charge >= 0.3 is 0 Å². The van der Waals surface area contributed by atoms with E-state index in [1.165, 1.54) is 0 Å². The normalized spacial score (nSPS) is 13.5. The van der Waals surface area contributed by atoms with Gasteiger partial charge in [-0.05, 0) is 44.9 Å². The van der Waals surface area contributed by atoms with Gasteiger partial charge in [0.05, 0.1) is 12.2 Å². The van der Waals surface area contributed by atoms with Gasteiger partial charge in [-0.2, -0.15) is 0 Å². The summed E-state index contributed by atoms with van der Waals surface area (Å²) in [5, 5.41) is 12.4. The molecule has 96 valence electrons. The third kappa shape index (κ3) is 4.75.